The van der Waals surface area contributed by atoms with Crippen molar-refractivity contribution in [2.45, 2.75) is 26.4 Å². The molecule has 0 unspecified atom stereocenters. The van der Waals surface area contributed by atoms with E-state index in [1.54, 1.807) is 18.5 Å². The average molecular weight is 319 g/mol. The van der Waals surface area contributed by atoms with E-state index in [0.717, 1.165) is 18.8 Å². The van der Waals surface area contributed by atoms with Crippen molar-refractivity contribution in [3.8, 4) is 11.4 Å². The highest BCUT2D eigenvalue weighted by atomic mass is 35.5. The summed E-state index contributed by atoms with van der Waals surface area (Å²) in [4.78, 5) is 8.71. The lowest BCUT2D eigenvalue weighted by Gasteiger charge is -2.11. The molecule has 0 saturated carbocycles. The molecular formula is C16H16ClFN4. The van der Waals surface area contributed by atoms with Gasteiger partial charge in [-0.1, -0.05) is 18.5 Å². The van der Waals surface area contributed by atoms with Crippen LogP contribution in [0.5, 0.6) is 0 Å². The van der Waals surface area contributed by atoms with Gasteiger partial charge < -0.3 is 9.13 Å². The second-order valence-electron chi connectivity index (χ2n) is 5.04. The zero-order valence-electron chi connectivity index (χ0n) is 12.2. The fourth-order valence-electron chi connectivity index (χ4n) is 2.44. The molecule has 4 nitrogen and oxygen atoms in total. The number of aromatic nitrogens is 4. The summed E-state index contributed by atoms with van der Waals surface area (Å²) in [5, 5.41) is 0.478. The highest BCUT2D eigenvalue weighted by Crippen LogP contribution is 2.27. The minimum atomic E-state index is -0.332. The zero-order valence-corrected chi connectivity index (χ0v) is 13.0. The first-order chi connectivity index (χ1) is 10.7. The molecule has 0 saturated heterocycles. The second kappa shape index (κ2) is 6.32. The number of rotatable bonds is 5. The van der Waals surface area contributed by atoms with Crippen molar-refractivity contribution in [2.75, 3.05) is 0 Å². The molecule has 2 aromatic heterocycles. The van der Waals surface area contributed by atoms with Gasteiger partial charge in [0.05, 0.1) is 11.6 Å². The molecule has 3 rings (SSSR count). The van der Waals surface area contributed by atoms with Crippen LogP contribution in [0.2, 0.25) is 5.02 Å². The third kappa shape index (κ3) is 2.90. The number of benzene rings is 1. The minimum Gasteiger partial charge on any atom is -0.333 e. The smallest absolute Gasteiger partial charge is 0.141 e. The molecule has 0 atom stereocenters. The van der Waals surface area contributed by atoms with E-state index in [2.05, 4.69) is 21.5 Å². The molecule has 2 heterocycles. The standard InChI is InChI=1S/C16H16ClFN4/c1-2-7-21-8-5-19-15(21)11-22-9-6-20-16(22)13-10-12(18)3-4-14(13)17/h3-6,8-10H,2,7,11H2,1H3. The molecule has 0 aliphatic carbocycles. The van der Waals surface area contributed by atoms with Gasteiger partial charge in [-0.25, -0.2) is 14.4 Å². The van der Waals surface area contributed by atoms with Crippen LogP contribution in [0.1, 0.15) is 19.2 Å². The first-order valence-corrected chi connectivity index (χ1v) is 7.53. The fraction of sp³-hybridized carbons (Fsp3) is 0.250. The molecular weight excluding hydrogens is 303 g/mol. The summed E-state index contributed by atoms with van der Waals surface area (Å²) in [6.07, 6.45) is 8.32. The number of aryl methyl sites for hydroxylation is 1. The van der Waals surface area contributed by atoms with E-state index >= 15 is 0 Å². The predicted octanol–water partition coefficient (Wildman–Crippen LogP) is 4.00. The predicted molar refractivity (Wildman–Crippen MR) is 84.3 cm³/mol. The number of imidazole rings is 2. The van der Waals surface area contributed by atoms with Crippen molar-refractivity contribution in [2.24, 2.45) is 0 Å². The van der Waals surface area contributed by atoms with Gasteiger partial charge in [0.15, 0.2) is 0 Å². The first-order valence-electron chi connectivity index (χ1n) is 7.15. The van der Waals surface area contributed by atoms with E-state index in [1.807, 2.05) is 17.0 Å². The number of halogens is 2. The summed E-state index contributed by atoms with van der Waals surface area (Å²) in [6, 6.07) is 4.29. The van der Waals surface area contributed by atoms with E-state index in [9.17, 15) is 4.39 Å². The summed E-state index contributed by atoms with van der Waals surface area (Å²) < 4.78 is 17.5. The van der Waals surface area contributed by atoms with Crippen molar-refractivity contribution < 1.29 is 4.39 Å². The molecule has 0 aliphatic heterocycles. The minimum absolute atomic E-state index is 0.332. The molecule has 1 aromatic carbocycles. The van der Waals surface area contributed by atoms with Crippen molar-refractivity contribution >= 4 is 11.6 Å². The van der Waals surface area contributed by atoms with Crippen LogP contribution < -0.4 is 0 Å². The van der Waals surface area contributed by atoms with Gasteiger partial charge >= 0.3 is 0 Å². The van der Waals surface area contributed by atoms with Gasteiger partial charge in [-0.3, -0.25) is 0 Å². The summed E-state index contributed by atoms with van der Waals surface area (Å²) in [7, 11) is 0. The van der Waals surface area contributed by atoms with Gasteiger partial charge in [-0.2, -0.15) is 0 Å². The second-order valence-corrected chi connectivity index (χ2v) is 5.45. The Morgan fingerprint density at radius 1 is 1.14 bits per heavy atom. The molecule has 0 bridgehead atoms. The number of hydrogen-bond donors (Lipinski definition) is 0. The first kappa shape index (κ1) is 14.8. The topological polar surface area (TPSA) is 35.6 Å². The van der Waals surface area contributed by atoms with Crippen LogP contribution in [0.4, 0.5) is 4.39 Å². The van der Waals surface area contributed by atoms with Gasteiger partial charge in [-0.05, 0) is 24.6 Å². The Bertz CT molecular complexity index is 778. The van der Waals surface area contributed by atoms with Crippen molar-refractivity contribution in [3.63, 3.8) is 0 Å². The van der Waals surface area contributed by atoms with Gasteiger partial charge in [0, 0.05) is 36.9 Å². The van der Waals surface area contributed by atoms with Gasteiger partial charge in [0.25, 0.3) is 0 Å². The lowest BCUT2D eigenvalue weighted by Crippen LogP contribution is -2.09. The summed E-state index contributed by atoms with van der Waals surface area (Å²) >= 11 is 6.18. The molecule has 22 heavy (non-hydrogen) atoms. The molecule has 3 aromatic rings. The maximum Gasteiger partial charge on any atom is 0.141 e. The van der Waals surface area contributed by atoms with Crippen LogP contribution in [0.3, 0.4) is 0 Å². The Hall–Kier alpha value is -2.14. The summed E-state index contributed by atoms with van der Waals surface area (Å²) in [5.74, 6) is 1.24. The normalized spacial score (nSPS) is 11.0. The van der Waals surface area contributed by atoms with Crippen molar-refractivity contribution in [1.82, 2.24) is 19.1 Å². The molecule has 114 valence electrons. The van der Waals surface area contributed by atoms with Crippen LogP contribution in [0, 0.1) is 5.82 Å². The van der Waals surface area contributed by atoms with E-state index in [1.165, 1.54) is 12.1 Å². The molecule has 0 amide bonds. The highest BCUT2D eigenvalue weighted by molar-refractivity contribution is 6.33. The summed E-state index contributed by atoms with van der Waals surface area (Å²) in [5.41, 5.74) is 0.584. The molecule has 0 spiro atoms. The van der Waals surface area contributed by atoms with Crippen LogP contribution in [-0.2, 0) is 13.1 Å². The lowest BCUT2D eigenvalue weighted by atomic mass is 10.2. The third-order valence-corrected chi connectivity index (χ3v) is 3.79. The molecule has 6 heteroatoms. The Kier molecular flexibility index (Phi) is 4.24. The third-order valence-electron chi connectivity index (χ3n) is 3.46. The molecule has 0 fully saturated rings. The molecule has 0 N–H and O–H groups in total. The van der Waals surface area contributed by atoms with Gasteiger partial charge in [0.1, 0.15) is 17.5 Å². The van der Waals surface area contributed by atoms with Crippen LogP contribution in [0.15, 0.2) is 43.0 Å². The maximum absolute atomic E-state index is 13.5. The van der Waals surface area contributed by atoms with Gasteiger partial charge in [0.2, 0.25) is 0 Å². The zero-order chi connectivity index (χ0) is 15.5. The van der Waals surface area contributed by atoms with Gasteiger partial charge in [-0.15, -0.1) is 0 Å². The van der Waals surface area contributed by atoms with E-state index in [0.29, 0.717) is 23.0 Å². The van der Waals surface area contributed by atoms with E-state index in [4.69, 9.17) is 11.6 Å². The van der Waals surface area contributed by atoms with E-state index < -0.39 is 0 Å². The molecule has 0 radical (unpaired) electrons. The van der Waals surface area contributed by atoms with Crippen molar-refractivity contribution in [1.29, 1.82) is 0 Å². The monoisotopic (exact) mass is 318 g/mol. The SMILES string of the molecule is CCCn1ccnc1Cn1ccnc1-c1cc(F)ccc1Cl. The lowest BCUT2D eigenvalue weighted by molar-refractivity contribution is 0.612. The summed E-state index contributed by atoms with van der Waals surface area (Å²) in [6.45, 7) is 3.61. The Morgan fingerprint density at radius 3 is 2.73 bits per heavy atom. The quantitative estimate of drug-likeness (QED) is 0.713. The number of nitrogens with zero attached hydrogens (tertiary/aromatic N) is 4. The fourth-order valence-corrected chi connectivity index (χ4v) is 2.64. The van der Waals surface area contributed by atoms with Crippen LogP contribution in [-0.4, -0.2) is 19.1 Å². The van der Waals surface area contributed by atoms with Crippen LogP contribution in [0.25, 0.3) is 11.4 Å². The largest absolute Gasteiger partial charge is 0.333 e. The van der Waals surface area contributed by atoms with Crippen molar-refractivity contribution in [3.05, 3.63) is 59.7 Å². The van der Waals surface area contributed by atoms with Crippen LogP contribution >= 0.6 is 11.6 Å². The highest BCUT2D eigenvalue weighted by Gasteiger charge is 2.13. The maximum atomic E-state index is 13.5. The average Bonchev–Trinajstić information content (AvgIpc) is 3.13. The molecule has 0 aliphatic rings. The van der Waals surface area contributed by atoms with E-state index in [-0.39, 0.29) is 5.82 Å². The Balaban J connectivity index is 1.95. The Morgan fingerprint density at radius 2 is 1.91 bits per heavy atom. The number of hydrogen-bond acceptors (Lipinski definition) is 2. The Labute approximate surface area is 133 Å².